The molecule has 1 atom stereocenters. The molecule has 27 heavy (non-hydrogen) atoms. The van der Waals surface area contributed by atoms with E-state index in [1.165, 1.54) is 42.3 Å². The fourth-order valence-corrected chi connectivity index (χ4v) is 2.35. The molecule has 6 nitrogen and oxygen atoms in total. The van der Waals surface area contributed by atoms with Crippen molar-refractivity contribution < 1.29 is 27.6 Å². The maximum Gasteiger partial charge on any atom is 0.416 e. The van der Waals surface area contributed by atoms with Gasteiger partial charge in [-0.2, -0.15) is 13.2 Å². The van der Waals surface area contributed by atoms with Gasteiger partial charge in [0.05, 0.1) is 16.5 Å². The number of non-ortho nitro benzene ring substituents is 1. The third kappa shape index (κ3) is 5.19. The average molecular weight is 382 g/mol. The molecule has 144 valence electrons. The molecule has 1 amide bonds. The number of hydrogen-bond donors (Lipinski definition) is 0. The van der Waals surface area contributed by atoms with Gasteiger partial charge >= 0.3 is 6.18 Å². The highest BCUT2D eigenvalue weighted by Crippen LogP contribution is 2.31. The van der Waals surface area contributed by atoms with E-state index in [1.807, 2.05) is 0 Å². The molecule has 2 aromatic carbocycles. The standard InChI is InChI=1S/C18H17F3N2O4/c1-12(13-5-3-7-15(9-13)23(25)26)22(2)17(24)11-27-16-8-4-6-14(10-16)18(19,20)21/h3-10,12H,11H2,1-2H3/t12-/m0/s1. The fraction of sp³-hybridized carbons (Fsp3) is 0.278. The van der Waals surface area contributed by atoms with Crippen LogP contribution in [0.5, 0.6) is 5.75 Å². The summed E-state index contributed by atoms with van der Waals surface area (Å²) in [6, 6.07) is 9.63. The number of amides is 1. The first-order chi connectivity index (χ1) is 12.6. The van der Waals surface area contributed by atoms with E-state index < -0.39 is 35.2 Å². The summed E-state index contributed by atoms with van der Waals surface area (Å²) in [6.45, 7) is 1.22. The zero-order chi connectivity index (χ0) is 20.2. The first-order valence-electron chi connectivity index (χ1n) is 7.89. The SMILES string of the molecule is C[C@@H](c1cccc([N+](=O)[O-])c1)N(C)C(=O)COc1cccc(C(F)(F)F)c1. The van der Waals surface area contributed by atoms with Crippen molar-refractivity contribution in [3.63, 3.8) is 0 Å². The Hall–Kier alpha value is -3.10. The number of likely N-dealkylation sites (N-methyl/N-ethyl adjacent to an activating group) is 1. The lowest BCUT2D eigenvalue weighted by Gasteiger charge is -2.25. The largest absolute Gasteiger partial charge is 0.484 e. The van der Waals surface area contributed by atoms with E-state index in [9.17, 15) is 28.1 Å². The number of ether oxygens (including phenoxy) is 1. The summed E-state index contributed by atoms with van der Waals surface area (Å²) in [4.78, 5) is 23.9. The van der Waals surface area contributed by atoms with E-state index in [2.05, 4.69) is 0 Å². The molecule has 0 saturated carbocycles. The predicted molar refractivity (Wildman–Crippen MR) is 91.2 cm³/mol. The molecule has 0 fully saturated rings. The molecule has 0 radical (unpaired) electrons. The number of carbonyl (C=O) groups is 1. The Balaban J connectivity index is 2.03. The second kappa shape index (κ2) is 8.07. The summed E-state index contributed by atoms with van der Waals surface area (Å²) in [7, 11) is 1.49. The highest BCUT2D eigenvalue weighted by atomic mass is 19.4. The van der Waals surface area contributed by atoms with Gasteiger partial charge in [0, 0.05) is 19.2 Å². The van der Waals surface area contributed by atoms with Crippen LogP contribution in [0.4, 0.5) is 18.9 Å². The minimum atomic E-state index is -4.50. The van der Waals surface area contributed by atoms with Crippen molar-refractivity contribution in [2.24, 2.45) is 0 Å². The molecule has 9 heteroatoms. The number of hydrogen-bond acceptors (Lipinski definition) is 4. The van der Waals surface area contributed by atoms with E-state index in [4.69, 9.17) is 4.74 Å². The number of nitro benzene ring substituents is 1. The van der Waals surface area contributed by atoms with Crippen molar-refractivity contribution in [3.05, 3.63) is 69.8 Å². The van der Waals surface area contributed by atoms with Gasteiger partial charge in [0.15, 0.2) is 6.61 Å². The van der Waals surface area contributed by atoms with Crippen LogP contribution in [0.2, 0.25) is 0 Å². The first-order valence-corrected chi connectivity index (χ1v) is 7.89. The number of carbonyl (C=O) groups excluding carboxylic acids is 1. The topological polar surface area (TPSA) is 72.7 Å². The summed E-state index contributed by atoms with van der Waals surface area (Å²) in [5, 5.41) is 10.9. The lowest BCUT2D eigenvalue weighted by atomic mass is 10.1. The zero-order valence-corrected chi connectivity index (χ0v) is 14.6. The molecule has 0 aliphatic carbocycles. The Morgan fingerprint density at radius 3 is 2.52 bits per heavy atom. The van der Waals surface area contributed by atoms with Gasteiger partial charge in [0.25, 0.3) is 11.6 Å². The number of rotatable bonds is 6. The van der Waals surface area contributed by atoms with Gasteiger partial charge in [0.1, 0.15) is 5.75 Å². The van der Waals surface area contributed by atoms with Crippen molar-refractivity contribution in [1.29, 1.82) is 0 Å². The molecule has 0 aliphatic rings. The molecule has 2 rings (SSSR count). The Bertz CT molecular complexity index is 839. The Kier molecular flexibility index (Phi) is 6.04. The molecular weight excluding hydrogens is 365 g/mol. The zero-order valence-electron chi connectivity index (χ0n) is 14.6. The van der Waals surface area contributed by atoms with Crippen LogP contribution in [-0.4, -0.2) is 29.4 Å². The minimum Gasteiger partial charge on any atom is -0.484 e. The minimum absolute atomic E-state index is 0.0745. The number of nitro groups is 1. The molecule has 0 aromatic heterocycles. The van der Waals surface area contributed by atoms with Crippen molar-refractivity contribution in [2.75, 3.05) is 13.7 Å². The van der Waals surface area contributed by atoms with Gasteiger partial charge in [-0.25, -0.2) is 0 Å². The normalized spacial score (nSPS) is 12.3. The lowest BCUT2D eigenvalue weighted by Crippen LogP contribution is -2.33. The Labute approximate surface area is 153 Å². The van der Waals surface area contributed by atoms with Crippen molar-refractivity contribution >= 4 is 11.6 Å². The Morgan fingerprint density at radius 2 is 1.89 bits per heavy atom. The van der Waals surface area contributed by atoms with Gasteiger partial charge in [0.2, 0.25) is 0 Å². The van der Waals surface area contributed by atoms with Crippen molar-refractivity contribution in [1.82, 2.24) is 4.90 Å². The summed E-state index contributed by atoms with van der Waals surface area (Å²) >= 11 is 0. The van der Waals surface area contributed by atoms with Gasteiger partial charge < -0.3 is 9.64 Å². The average Bonchev–Trinajstić information content (AvgIpc) is 2.64. The van der Waals surface area contributed by atoms with Gasteiger partial charge in [-0.05, 0) is 30.7 Å². The molecule has 0 unspecified atom stereocenters. The van der Waals surface area contributed by atoms with Crippen LogP contribution >= 0.6 is 0 Å². The highest BCUT2D eigenvalue weighted by molar-refractivity contribution is 5.78. The quantitative estimate of drug-likeness (QED) is 0.554. The number of halogens is 3. The van der Waals surface area contributed by atoms with Gasteiger partial charge in [-0.1, -0.05) is 18.2 Å². The monoisotopic (exact) mass is 382 g/mol. The molecule has 0 heterocycles. The van der Waals surface area contributed by atoms with Crippen LogP contribution in [0.15, 0.2) is 48.5 Å². The van der Waals surface area contributed by atoms with Crippen molar-refractivity contribution in [2.45, 2.75) is 19.1 Å². The van der Waals surface area contributed by atoms with Gasteiger partial charge in [-0.3, -0.25) is 14.9 Å². The van der Waals surface area contributed by atoms with Crippen LogP contribution in [0.3, 0.4) is 0 Å². The smallest absolute Gasteiger partial charge is 0.416 e. The van der Waals surface area contributed by atoms with Crippen molar-refractivity contribution in [3.8, 4) is 5.75 Å². The molecular formula is C18H17F3N2O4. The maximum atomic E-state index is 12.7. The van der Waals surface area contributed by atoms with Crippen LogP contribution in [0.1, 0.15) is 24.1 Å². The lowest BCUT2D eigenvalue weighted by molar-refractivity contribution is -0.384. The number of nitrogens with zero attached hydrogens (tertiary/aromatic N) is 2. The van der Waals surface area contributed by atoms with E-state index in [0.29, 0.717) is 5.56 Å². The summed E-state index contributed by atoms with van der Waals surface area (Å²) < 4.78 is 43.3. The molecule has 2 aromatic rings. The van der Waals surface area contributed by atoms with Crippen LogP contribution in [-0.2, 0) is 11.0 Å². The maximum absolute atomic E-state index is 12.7. The summed E-state index contributed by atoms with van der Waals surface area (Å²) in [5.41, 5.74) is -0.412. The van der Waals surface area contributed by atoms with E-state index >= 15 is 0 Å². The number of alkyl halides is 3. The predicted octanol–water partition coefficient (Wildman–Crippen LogP) is 4.21. The van der Waals surface area contributed by atoms with Gasteiger partial charge in [-0.15, -0.1) is 0 Å². The molecule has 0 spiro atoms. The third-order valence-electron chi connectivity index (χ3n) is 4.06. The first kappa shape index (κ1) is 20.2. The van der Waals surface area contributed by atoms with Crippen LogP contribution in [0, 0.1) is 10.1 Å². The Morgan fingerprint density at radius 1 is 1.22 bits per heavy atom. The van der Waals surface area contributed by atoms with E-state index in [1.54, 1.807) is 13.0 Å². The molecule has 0 bridgehead atoms. The second-order valence-corrected chi connectivity index (χ2v) is 5.85. The number of benzene rings is 2. The molecule has 0 saturated heterocycles. The summed E-state index contributed by atoms with van der Waals surface area (Å²) in [6.07, 6.45) is -4.50. The van der Waals surface area contributed by atoms with Crippen LogP contribution in [0.25, 0.3) is 0 Å². The summed E-state index contributed by atoms with van der Waals surface area (Å²) in [5.74, 6) is -0.555. The highest BCUT2D eigenvalue weighted by Gasteiger charge is 2.30. The van der Waals surface area contributed by atoms with Crippen LogP contribution < -0.4 is 4.74 Å². The second-order valence-electron chi connectivity index (χ2n) is 5.85. The third-order valence-corrected chi connectivity index (χ3v) is 4.06. The van der Waals surface area contributed by atoms with E-state index in [0.717, 1.165) is 12.1 Å². The molecule has 0 aliphatic heterocycles. The fourth-order valence-electron chi connectivity index (χ4n) is 2.35. The molecule has 0 N–H and O–H groups in total. The van der Waals surface area contributed by atoms with E-state index in [-0.39, 0.29) is 11.4 Å².